The molecular weight excluding hydrogens is 240 g/mol. The summed E-state index contributed by atoms with van der Waals surface area (Å²) in [5.74, 6) is -0.339. The van der Waals surface area contributed by atoms with Gasteiger partial charge < -0.3 is 0 Å². The second-order valence-electron chi connectivity index (χ2n) is 3.40. The molecule has 3 rings (SSSR count). The highest BCUT2D eigenvalue weighted by molar-refractivity contribution is 6.52. The van der Waals surface area contributed by atoms with E-state index in [9.17, 15) is 4.79 Å². The van der Waals surface area contributed by atoms with Crippen LogP contribution in [0.3, 0.4) is 0 Å². The van der Waals surface area contributed by atoms with Crippen LogP contribution in [0.15, 0.2) is 40.1 Å². The van der Waals surface area contributed by atoms with Crippen LogP contribution in [0, 0.1) is 0 Å². The number of amides is 1. The van der Waals surface area contributed by atoms with Gasteiger partial charge in [-0.15, -0.1) is 0 Å². The Labute approximate surface area is 101 Å². The number of dihydropyridines is 1. The summed E-state index contributed by atoms with van der Waals surface area (Å²) in [4.78, 5) is 27.1. The number of hydrogen-bond acceptors (Lipinski definition) is 4. The average molecular weight is 245 g/mol. The molecule has 0 saturated heterocycles. The molecular formula is C11H5ClN4O. The topological polar surface area (TPSA) is 67.6 Å². The third kappa shape index (κ3) is 1.60. The van der Waals surface area contributed by atoms with E-state index in [1.807, 2.05) is 0 Å². The van der Waals surface area contributed by atoms with Crippen LogP contribution in [0.1, 0.15) is 5.69 Å². The van der Waals surface area contributed by atoms with Gasteiger partial charge in [0.1, 0.15) is 5.71 Å². The zero-order valence-corrected chi connectivity index (χ0v) is 9.22. The summed E-state index contributed by atoms with van der Waals surface area (Å²) in [5.41, 5.74) is 2.46. The third-order valence-corrected chi connectivity index (χ3v) is 2.59. The Balaban J connectivity index is 2.06. The lowest BCUT2D eigenvalue weighted by molar-refractivity contribution is -0.111. The SMILES string of the molecule is O=C1N=CC=C2C(c3ccnc(Cl)n3)=CN=C12. The standard InChI is InChI=1S/C11H5ClN4O/c12-11-14-4-2-8(16-11)7-5-15-9-6(7)1-3-13-10(9)17/h1-5H. The van der Waals surface area contributed by atoms with Crippen molar-refractivity contribution < 1.29 is 4.79 Å². The first-order chi connectivity index (χ1) is 8.25. The molecule has 0 aliphatic carbocycles. The molecule has 2 aliphatic rings. The minimum atomic E-state index is -0.339. The Morgan fingerprint density at radius 3 is 2.94 bits per heavy atom. The molecule has 1 amide bonds. The third-order valence-electron chi connectivity index (χ3n) is 2.41. The smallest absolute Gasteiger partial charge is 0.265 e. The fraction of sp³-hybridized carbons (Fsp3) is 0. The maximum absolute atomic E-state index is 11.5. The lowest BCUT2D eigenvalue weighted by Crippen LogP contribution is -2.16. The zero-order valence-electron chi connectivity index (χ0n) is 8.46. The fourth-order valence-electron chi connectivity index (χ4n) is 1.66. The van der Waals surface area contributed by atoms with Crippen LogP contribution in [-0.2, 0) is 4.79 Å². The molecule has 0 atom stereocenters. The predicted octanol–water partition coefficient (Wildman–Crippen LogP) is 1.46. The van der Waals surface area contributed by atoms with Gasteiger partial charge in [0.25, 0.3) is 5.91 Å². The van der Waals surface area contributed by atoms with Crippen LogP contribution >= 0.6 is 11.6 Å². The monoisotopic (exact) mass is 244 g/mol. The molecule has 1 aromatic heterocycles. The highest BCUT2D eigenvalue weighted by atomic mass is 35.5. The van der Waals surface area contributed by atoms with Crippen LogP contribution in [0.4, 0.5) is 0 Å². The lowest BCUT2D eigenvalue weighted by Gasteiger charge is -2.07. The number of fused-ring (bicyclic) bond motifs is 1. The van der Waals surface area contributed by atoms with Crippen molar-refractivity contribution in [2.45, 2.75) is 0 Å². The molecule has 0 radical (unpaired) electrons. The Morgan fingerprint density at radius 1 is 1.24 bits per heavy atom. The summed E-state index contributed by atoms with van der Waals surface area (Å²) in [6, 6.07) is 1.72. The Hall–Kier alpha value is -2.14. The van der Waals surface area contributed by atoms with Crippen molar-refractivity contribution in [2.75, 3.05) is 0 Å². The van der Waals surface area contributed by atoms with E-state index in [1.165, 1.54) is 6.21 Å². The van der Waals surface area contributed by atoms with Crippen molar-refractivity contribution in [3.05, 3.63) is 41.1 Å². The van der Waals surface area contributed by atoms with Gasteiger partial charge >= 0.3 is 0 Å². The molecule has 0 spiro atoms. The molecule has 0 saturated carbocycles. The van der Waals surface area contributed by atoms with E-state index in [0.717, 1.165) is 11.1 Å². The van der Waals surface area contributed by atoms with Crippen molar-refractivity contribution in [1.29, 1.82) is 0 Å². The Kier molecular flexibility index (Phi) is 2.19. The van der Waals surface area contributed by atoms with Gasteiger partial charge in [-0.2, -0.15) is 0 Å². The Morgan fingerprint density at radius 2 is 2.12 bits per heavy atom. The summed E-state index contributed by atoms with van der Waals surface area (Å²) in [6.07, 6.45) is 6.34. The maximum atomic E-state index is 11.5. The molecule has 0 fully saturated rings. The number of carbonyl (C=O) groups excluding carboxylic acids is 1. The van der Waals surface area contributed by atoms with Gasteiger partial charge in [0.2, 0.25) is 5.28 Å². The minimum absolute atomic E-state index is 0.160. The predicted molar refractivity (Wildman–Crippen MR) is 64.0 cm³/mol. The summed E-state index contributed by atoms with van der Waals surface area (Å²) >= 11 is 5.73. The molecule has 82 valence electrons. The highest BCUT2D eigenvalue weighted by Crippen LogP contribution is 2.29. The molecule has 3 heterocycles. The number of allylic oxidation sites excluding steroid dienone is 2. The summed E-state index contributed by atoms with van der Waals surface area (Å²) in [6.45, 7) is 0. The van der Waals surface area contributed by atoms with E-state index in [2.05, 4.69) is 20.0 Å². The van der Waals surface area contributed by atoms with Crippen LogP contribution in [0.25, 0.3) is 5.57 Å². The van der Waals surface area contributed by atoms with Gasteiger partial charge in [-0.05, 0) is 23.7 Å². The maximum Gasteiger partial charge on any atom is 0.296 e. The van der Waals surface area contributed by atoms with Gasteiger partial charge in [0.05, 0.1) is 5.69 Å². The number of rotatable bonds is 1. The van der Waals surface area contributed by atoms with Gasteiger partial charge in [0, 0.05) is 29.8 Å². The Bertz CT molecular complexity index is 643. The summed E-state index contributed by atoms with van der Waals surface area (Å²) in [5, 5.41) is 0.160. The molecule has 1 aromatic rings. The van der Waals surface area contributed by atoms with Crippen LogP contribution in [0.2, 0.25) is 5.28 Å². The van der Waals surface area contributed by atoms with E-state index >= 15 is 0 Å². The molecule has 0 N–H and O–H groups in total. The second-order valence-corrected chi connectivity index (χ2v) is 3.73. The molecule has 2 aliphatic heterocycles. The fourth-order valence-corrected chi connectivity index (χ4v) is 1.81. The van der Waals surface area contributed by atoms with Crippen LogP contribution < -0.4 is 0 Å². The zero-order chi connectivity index (χ0) is 11.8. The average Bonchev–Trinajstić information content (AvgIpc) is 2.74. The van der Waals surface area contributed by atoms with Crippen molar-refractivity contribution in [2.24, 2.45) is 9.98 Å². The molecule has 5 nitrogen and oxygen atoms in total. The number of nitrogens with zero attached hydrogens (tertiary/aromatic N) is 4. The summed E-state index contributed by atoms with van der Waals surface area (Å²) in [7, 11) is 0. The number of aliphatic imine (C=N–C) groups is 2. The number of carbonyl (C=O) groups is 1. The highest BCUT2D eigenvalue weighted by Gasteiger charge is 2.26. The van der Waals surface area contributed by atoms with Crippen molar-refractivity contribution in [3.8, 4) is 0 Å². The second kappa shape index (κ2) is 3.71. The quantitative estimate of drug-likeness (QED) is 0.703. The van der Waals surface area contributed by atoms with E-state index in [0.29, 0.717) is 11.4 Å². The van der Waals surface area contributed by atoms with Gasteiger partial charge in [-0.25, -0.2) is 20.0 Å². The largest absolute Gasteiger partial charge is 0.296 e. The van der Waals surface area contributed by atoms with Gasteiger partial charge in [0.15, 0.2) is 0 Å². The first kappa shape index (κ1) is 10.0. The van der Waals surface area contributed by atoms with E-state index < -0.39 is 0 Å². The van der Waals surface area contributed by atoms with Crippen LogP contribution in [-0.4, -0.2) is 27.8 Å². The van der Waals surface area contributed by atoms with Gasteiger partial charge in [-0.3, -0.25) is 4.79 Å². The lowest BCUT2D eigenvalue weighted by atomic mass is 9.99. The summed E-state index contributed by atoms with van der Waals surface area (Å²) < 4.78 is 0. The number of aromatic nitrogens is 2. The van der Waals surface area contributed by atoms with Crippen LogP contribution in [0.5, 0.6) is 0 Å². The number of hydrogen-bond donors (Lipinski definition) is 0. The first-order valence-corrected chi connectivity index (χ1v) is 5.20. The van der Waals surface area contributed by atoms with Gasteiger partial charge in [-0.1, -0.05) is 0 Å². The molecule has 0 unspecified atom stereocenters. The van der Waals surface area contributed by atoms with Crippen molar-refractivity contribution >= 4 is 35.0 Å². The first-order valence-electron chi connectivity index (χ1n) is 4.82. The molecule has 0 aromatic carbocycles. The van der Waals surface area contributed by atoms with E-state index in [4.69, 9.17) is 11.6 Å². The molecule has 0 bridgehead atoms. The van der Waals surface area contributed by atoms with Crippen molar-refractivity contribution in [3.63, 3.8) is 0 Å². The normalized spacial score (nSPS) is 17.5. The molecule has 6 heteroatoms. The van der Waals surface area contributed by atoms with E-state index in [-0.39, 0.29) is 11.2 Å². The van der Waals surface area contributed by atoms with Crippen molar-refractivity contribution in [1.82, 2.24) is 9.97 Å². The number of halogens is 1. The molecule has 17 heavy (non-hydrogen) atoms. The minimum Gasteiger partial charge on any atom is -0.265 e. The van der Waals surface area contributed by atoms with E-state index in [1.54, 1.807) is 24.5 Å².